The summed E-state index contributed by atoms with van der Waals surface area (Å²) in [7, 11) is 2.02. The standard InChI is InChI=1S/C10H21NO/c1-8(12)11(4)9-6-5-7-10(9,2)3/h8-9,12H,5-7H2,1-4H3. The van der Waals surface area contributed by atoms with Gasteiger partial charge >= 0.3 is 0 Å². The van der Waals surface area contributed by atoms with Crippen molar-refractivity contribution in [2.45, 2.75) is 52.3 Å². The van der Waals surface area contributed by atoms with Crippen LogP contribution in [-0.4, -0.2) is 29.3 Å². The molecule has 0 heterocycles. The van der Waals surface area contributed by atoms with Crippen molar-refractivity contribution in [3.05, 3.63) is 0 Å². The zero-order valence-corrected chi connectivity index (χ0v) is 8.67. The fourth-order valence-corrected chi connectivity index (χ4v) is 2.32. The van der Waals surface area contributed by atoms with E-state index in [4.69, 9.17) is 0 Å². The van der Waals surface area contributed by atoms with Crippen molar-refractivity contribution in [2.75, 3.05) is 7.05 Å². The molecule has 0 radical (unpaired) electrons. The van der Waals surface area contributed by atoms with Gasteiger partial charge in [-0.15, -0.1) is 0 Å². The van der Waals surface area contributed by atoms with Gasteiger partial charge in [0, 0.05) is 6.04 Å². The second-order valence-electron chi connectivity index (χ2n) is 4.69. The second kappa shape index (κ2) is 3.35. The number of aliphatic hydroxyl groups excluding tert-OH is 1. The molecule has 0 aromatic rings. The van der Waals surface area contributed by atoms with Crippen molar-refractivity contribution in [1.29, 1.82) is 0 Å². The Kier molecular flexibility index (Phi) is 2.79. The Bertz CT molecular complexity index is 154. The van der Waals surface area contributed by atoms with Crippen LogP contribution in [0.2, 0.25) is 0 Å². The van der Waals surface area contributed by atoms with Gasteiger partial charge in [0.15, 0.2) is 0 Å². The third-order valence-corrected chi connectivity index (χ3v) is 3.28. The zero-order chi connectivity index (χ0) is 9.35. The highest BCUT2D eigenvalue weighted by molar-refractivity contribution is 4.90. The van der Waals surface area contributed by atoms with Crippen molar-refractivity contribution in [3.63, 3.8) is 0 Å². The van der Waals surface area contributed by atoms with Crippen LogP contribution in [0, 0.1) is 5.41 Å². The molecular weight excluding hydrogens is 150 g/mol. The summed E-state index contributed by atoms with van der Waals surface area (Å²) in [5.74, 6) is 0. The van der Waals surface area contributed by atoms with Gasteiger partial charge in [0.25, 0.3) is 0 Å². The molecule has 1 aliphatic carbocycles. The molecule has 0 spiro atoms. The first-order chi connectivity index (χ1) is 5.45. The normalized spacial score (nSPS) is 31.0. The van der Waals surface area contributed by atoms with Crippen molar-refractivity contribution in [3.8, 4) is 0 Å². The van der Waals surface area contributed by atoms with E-state index in [-0.39, 0.29) is 6.23 Å². The van der Waals surface area contributed by atoms with Gasteiger partial charge in [-0.3, -0.25) is 4.90 Å². The van der Waals surface area contributed by atoms with E-state index in [2.05, 4.69) is 18.7 Å². The molecule has 1 aliphatic rings. The van der Waals surface area contributed by atoms with E-state index in [0.717, 1.165) is 0 Å². The zero-order valence-electron chi connectivity index (χ0n) is 8.67. The van der Waals surface area contributed by atoms with Gasteiger partial charge in [-0.25, -0.2) is 0 Å². The molecule has 0 amide bonds. The molecule has 2 atom stereocenters. The quantitative estimate of drug-likeness (QED) is 0.641. The Morgan fingerprint density at radius 2 is 2.08 bits per heavy atom. The fourth-order valence-electron chi connectivity index (χ4n) is 2.32. The van der Waals surface area contributed by atoms with E-state index in [1.54, 1.807) is 0 Å². The summed E-state index contributed by atoms with van der Waals surface area (Å²) in [6.45, 7) is 6.43. The first kappa shape index (κ1) is 10.0. The fraction of sp³-hybridized carbons (Fsp3) is 1.00. The SMILES string of the molecule is CC(O)N(C)C1CCCC1(C)C. The van der Waals surface area contributed by atoms with Gasteiger partial charge in [-0.2, -0.15) is 0 Å². The van der Waals surface area contributed by atoms with Crippen molar-refractivity contribution < 1.29 is 5.11 Å². The number of nitrogens with zero attached hydrogens (tertiary/aromatic N) is 1. The molecule has 72 valence electrons. The molecule has 12 heavy (non-hydrogen) atoms. The lowest BCUT2D eigenvalue weighted by molar-refractivity contribution is -0.0184. The predicted molar refractivity (Wildman–Crippen MR) is 50.9 cm³/mol. The summed E-state index contributed by atoms with van der Waals surface area (Å²) >= 11 is 0. The first-order valence-corrected chi connectivity index (χ1v) is 4.85. The molecule has 2 unspecified atom stereocenters. The summed E-state index contributed by atoms with van der Waals surface area (Å²) in [6, 6.07) is 0.553. The summed E-state index contributed by atoms with van der Waals surface area (Å²) < 4.78 is 0. The smallest absolute Gasteiger partial charge is 0.104 e. The van der Waals surface area contributed by atoms with Crippen LogP contribution < -0.4 is 0 Å². The third kappa shape index (κ3) is 1.80. The van der Waals surface area contributed by atoms with Crippen LogP contribution in [0.4, 0.5) is 0 Å². The van der Waals surface area contributed by atoms with Crippen molar-refractivity contribution in [2.24, 2.45) is 5.41 Å². The molecule has 0 bridgehead atoms. The minimum Gasteiger partial charge on any atom is -0.379 e. The molecule has 1 N–H and O–H groups in total. The maximum Gasteiger partial charge on any atom is 0.104 e. The highest BCUT2D eigenvalue weighted by Gasteiger charge is 2.37. The largest absolute Gasteiger partial charge is 0.379 e. The lowest BCUT2D eigenvalue weighted by atomic mass is 9.86. The lowest BCUT2D eigenvalue weighted by Gasteiger charge is -2.36. The van der Waals surface area contributed by atoms with E-state index < -0.39 is 0 Å². The summed E-state index contributed by atoms with van der Waals surface area (Å²) in [4.78, 5) is 2.09. The second-order valence-corrected chi connectivity index (χ2v) is 4.69. The molecular formula is C10H21NO. The topological polar surface area (TPSA) is 23.5 Å². The minimum absolute atomic E-state index is 0.313. The highest BCUT2D eigenvalue weighted by atomic mass is 16.3. The molecule has 2 heteroatoms. The third-order valence-electron chi connectivity index (χ3n) is 3.28. The summed E-state index contributed by atoms with van der Waals surface area (Å²) in [5.41, 5.74) is 0.381. The van der Waals surface area contributed by atoms with Crippen LogP contribution in [0.25, 0.3) is 0 Å². The average Bonchev–Trinajstić information content (AvgIpc) is 2.27. The van der Waals surface area contributed by atoms with E-state index in [1.807, 2.05) is 14.0 Å². The molecule has 0 aliphatic heterocycles. The Balaban J connectivity index is 2.62. The minimum atomic E-state index is -0.313. The Morgan fingerprint density at radius 1 is 1.50 bits per heavy atom. The summed E-state index contributed by atoms with van der Waals surface area (Å²) in [5, 5.41) is 9.44. The van der Waals surface area contributed by atoms with E-state index in [1.165, 1.54) is 19.3 Å². The van der Waals surface area contributed by atoms with Crippen LogP contribution in [0.5, 0.6) is 0 Å². The van der Waals surface area contributed by atoms with Crippen molar-refractivity contribution >= 4 is 0 Å². The monoisotopic (exact) mass is 171 g/mol. The Morgan fingerprint density at radius 3 is 2.42 bits per heavy atom. The van der Waals surface area contributed by atoms with Crippen molar-refractivity contribution in [1.82, 2.24) is 4.90 Å². The predicted octanol–water partition coefficient (Wildman–Crippen LogP) is 1.84. The maximum absolute atomic E-state index is 9.44. The number of rotatable bonds is 2. The Labute approximate surface area is 75.6 Å². The van der Waals surface area contributed by atoms with Crippen LogP contribution in [0.1, 0.15) is 40.0 Å². The van der Waals surface area contributed by atoms with Gasteiger partial charge < -0.3 is 5.11 Å². The van der Waals surface area contributed by atoms with E-state index in [0.29, 0.717) is 11.5 Å². The van der Waals surface area contributed by atoms with E-state index >= 15 is 0 Å². The van der Waals surface area contributed by atoms with Gasteiger partial charge in [-0.1, -0.05) is 20.3 Å². The average molecular weight is 171 g/mol. The molecule has 1 rings (SSSR count). The van der Waals surface area contributed by atoms with Gasteiger partial charge in [-0.05, 0) is 32.2 Å². The summed E-state index contributed by atoms with van der Waals surface area (Å²) in [6.07, 6.45) is 3.50. The first-order valence-electron chi connectivity index (χ1n) is 4.85. The number of hydrogen-bond donors (Lipinski definition) is 1. The van der Waals surface area contributed by atoms with Gasteiger partial charge in [0.1, 0.15) is 6.23 Å². The highest BCUT2D eigenvalue weighted by Crippen LogP contribution is 2.40. The molecule has 2 nitrogen and oxygen atoms in total. The van der Waals surface area contributed by atoms with Crippen LogP contribution in [0.3, 0.4) is 0 Å². The molecule has 1 fully saturated rings. The molecule has 0 aromatic heterocycles. The van der Waals surface area contributed by atoms with Crippen LogP contribution >= 0.6 is 0 Å². The maximum atomic E-state index is 9.44. The van der Waals surface area contributed by atoms with Gasteiger partial charge in [0.2, 0.25) is 0 Å². The van der Waals surface area contributed by atoms with E-state index in [9.17, 15) is 5.11 Å². The Hall–Kier alpha value is -0.0800. The number of aliphatic hydroxyl groups is 1. The molecule has 0 aromatic carbocycles. The number of hydrogen-bond acceptors (Lipinski definition) is 2. The molecule has 0 saturated heterocycles. The molecule has 1 saturated carbocycles. The van der Waals surface area contributed by atoms with Crippen LogP contribution in [-0.2, 0) is 0 Å². The van der Waals surface area contributed by atoms with Crippen LogP contribution in [0.15, 0.2) is 0 Å². The van der Waals surface area contributed by atoms with Gasteiger partial charge in [0.05, 0.1) is 0 Å². The lowest BCUT2D eigenvalue weighted by Crippen LogP contribution is -2.44.